The number of aromatic nitrogens is 1. The normalized spacial score (nSPS) is 14.8. The Labute approximate surface area is 222 Å². The zero-order valence-electron chi connectivity index (χ0n) is 21.3. The number of carbonyl (C=O) groups is 2. The van der Waals surface area contributed by atoms with Crippen molar-refractivity contribution < 1.29 is 28.5 Å². The summed E-state index contributed by atoms with van der Waals surface area (Å²) in [5.74, 6) is 0.0708. The van der Waals surface area contributed by atoms with Crippen LogP contribution in [0, 0.1) is 0 Å². The second-order valence-corrected chi connectivity index (χ2v) is 9.26. The van der Waals surface area contributed by atoms with Crippen molar-refractivity contribution >= 4 is 29.4 Å². The summed E-state index contributed by atoms with van der Waals surface area (Å²) < 4.78 is 23.1. The quantitative estimate of drug-likeness (QED) is 0.249. The van der Waals surface area contributed by atoms with Crippen LogP contribution in [0.4, 0.5) is 0 Å². The molecular formula is C28H26N2O7S. The number of allylic oxidation sites excluding steroid dienone is 1. The van der Waals surface area contributed by atoms with Gasteiger partial charge in [0.25, 0.3) is 5.56 Å². The lowest BCUT2D eigenvalue weighted by atomic mass is 9.95. The van der Waals surface area contributed by atoms with E-state index in [-0.39, 0.29) is 22.6 Å². The first-order valence-corrected chi connectivity index (χ1v) is 12.4. The molecule has 3 aromatic rings. The van der Waals surface area contributed by atoms with Gasteiger partial charge in [-0.15, -0.1) is 0 Å². The van der Waals surface area contributed by atoms with Crippen LogP contribution in [0.5, 0.6) is 17.2 Å². The number of benzene rings is 2. The van der Waals surface area contributed by atoms with Gasteiger partial charge in [-0.25, -0.2) is 9.79 Å². The summed E-state index contributed by atoms with van der Waals surface area (Å²) in [5, 5.41) is 0. The number of hydrogen-bond donors (Lipinski definition) is 0. The van der Waals surface area contributed by atoms with Crippen LogP contribution in [0.1, 0.15) is 31.0 Å². The molecule has 0 saturated heterocycles. The lowest BCUT2D eigenvalue weighted by molar-refractivity contribution is -0.136. The first kappa shape index (κ1) is 26.6. The molecule has 10 heteroatoms. The average molecular weight is 535 g/mol. The highest BCUT2D eigenvalue weighted by molar-refractivity contribution is 7.07. The molecule has 2 aromatic carbocycles. The molecule has 1 aromatic heterocycles. The smallest absolute Gasteiger partial charge is 0.338 e. The number of thiazole rings is 1. The Hall–Kier alpha value is -4.44. The molecule has 1 aliphatic heterocycles. The predicted molar refractivity (Wildman–Crippen MR) is 142 cm³/mol. The zero-order valence-corrected chi connectivity index (χ0v) is 22.2. The van der Waals surface area contributed by atoms with Crippen molar-refractivity contribution in [3.8, 4) is 17.2 Å². The summed E-state index contributed by atoms with van der Waals surface area (Å²) in [7, 11) is 2.71. The third-order valence-corrected chi connectivity index (χ3v) is 6.71. The van der Waals surface area contributed by atoms with Gasteiger partial charge in [-0.2, -0.15) is 0 Å². The second kappa shape index (κ2) is 11.3. The number of hydrogen-bond acceptors (Lipinski definition) is 9. The van der Waals surface area contributed by atoms with Gasteiger partial charge >= 0.3 is 11.9 Å². The molecule has 196 valence electrons. The minimum atomic E-state index is -0.837. The topological polar surface area (TPSA) is 105 Å². The van der Waals surface area contributed by atoms with Crippen molar-refractivity contribution in [2.75, 3.05) is 20.8 Å². The number of ether oxygens (including phenoxy) is 4. The monoisotopic (exact) mass is 534 g/mol. The molecule has 0 unspecified atom stereocenters. The van der Waals surface area contributed by atoms with Crippen LogP contribution in [0.2, 0.25) is 0 Å². The summed E-state index contributed by atoms with van der Waals surface area (Å²) in [6.07, 6.45) is 3.43. The first-order valence-electron chi connectivity index (χ1n) is 11.6. The highest BCUT2D eigenvalue weighted by atomic mass is 32.1. The molecule has 0 N–H and O–H groups in total. The van der Waals surface area contributed by atoms with E-state index < -0.39 is 18.0 Å². The lowest BCUT2D eigenvalue weighted by Gasteiger charge is -2.25. The van der Waals surface area contributed by atoms with Gasteiger partial charge < -0.3 is 18.9 Å². The van der Waals surface area contributed by atoms with Crippen LogP contribution in [0.15, 0.2) is 76.2 Å². The summed E-state index contributed by atoms with van der Waals surface area (Å²) >= 11 is 1.22. The fourth-order valence-corrected chi connectivity index (χ4v) is 5.11. The molecule has 0 amide bonds. The second-order valence-electron chi connectivity index (χ2n) is 8.25. The fraction of sp³-hybridized carbons (Fsp3) is 0.214. The van der Waals surface area contributed by atoms with Crippen molar-refractivity contribution in [2.24, 2.45) is 4.99 Å². The number of carbonyl (C=O) groups excluding carboxylic acids is 2. The first-order chi connectivity index (χ1) is 18.3. The van der Waals surface area contributed by atoms with E-state index in [9.17, 15) is 14.4 Å². The molecule has 2 heterocycles. The van der Waals surface area contributed by atoms with E-state index in [0.717, 1.165) is 5.56 Å². The van der Waals surface area contributed by atoms with Crippen molar-refractivity contribution in [1.29, 1.82) is 0 Å². The molecule has 4 rings (SSSR count). The molecule has 0 saturated carbocycles. The van der Waals surface area contributed by atoms with Gasteiger partial charge in [0, 0.05) is 6.92 Å². The SMILES string of the molecule is C=CCOc1ccc(/C=c2/sc3n(c2=O)[C@H](c2ccc(OC(C)=O)c(OC)c2)C(C(=O)OC)=C(C)N=3)cc1. The van der Waals surface area contributed by atoms with Gasteiger partial charge in [0.1, 0.15) is 12.4 Å². The maximum Gasteiger partial charge on any atom is 0.338 e. The van der Waals surface area contributed by atoms with Crippen LogP contribution in [-0.4, -0.2) is 37.3 Å². The zero-order chi connectivity index (χ0) is 27.4. The minimum absolute atomic E-state index is 0.219. The van der Waals surface area contributed by atoms with Gasteiger partial charge in [0.2, 0.25) is 0 Å². The summed E-state index contributed by atoms with van der Waals surface area (Å²) in [6.45, 7) is 7.01. The Morgan fingerprint density at radius 2 is 1.87 bits per heavy atom. The maximum absolute atomic E-state index is 13.7. The molecule has 1 atom stereocenters. The van der Waals surface area contributed by atoms with Crippen molar-refractivity contribution in [3.63, 3.8) is 0 Å². The molecular weight excluding hydrogens is 508 g/mol. The molecule has 0 radical (unpaired) electrons. The van der Waals surface area contributed by atoms with Crippen LogP contribution >= 0.6 is 11.3 Å². The molecule has 9 nitrogen and oxygen atoms in total. The highest BCUT2D eigenvalue weighted by Gasteiger charge is 2.33. The molecule has 38 heavy (non-hydrogen) atoms. The average Bonchev–Trinajstić information content (AvgIpc) is 3.21. The molecule has 0 bridgehead atoms. The fourth-order valence-electron chi connectivity index (χ4n) is 4.07. The standard InChI is InChI=1S/C28H26N2O7S/c1-6-13-36-20-10-7-18(8-11-20)14-23-26(32)30-25(24(27(33)35-5)16(2)29-28(30)38-23)19-9-12-21(37-17(3)31)22(15-19)34-4/h6-12,14-15,25H,1,13H2,2-5H3/b23-14+/t25-/m1/s1. The number of fused-ring (bicyclic) bond motifs is 1. The van der Waals surface area contributed by atoms with E-state index in [1.807, 2.05) is 24.3 Å². The van der Waals surface area contributed by atoms with Crippen molar-refractivity contribution in [3.05, 3.63) is 97.2 Å². The van der Waals surface area contributed by atoms with E-state index in [4.69, 9.17) is 18.9 Å². The van der Waals surface area contributed by atoms with Crippen molar-refractivity contribution in [1.82, 2.24) is 4.57 Å². The molecule has 0 spiro atoms. The number of methoxy groups -OCH3 is 2. The number of nitrogens with zero attached hydrogens (tertiary/aromatic N) is 2. The van der Waals surface area contributed by atoms with Gasteiger partial charge in [0.15, 0.2) is 16.3 Å². The molecule has 1 aliphatic rings. The van der Waals surface area contributed by atoms with Crippen LogP contribution in [-0.2, 0) is 14.3 Å². The Kier molecular flexibility index (Phi) is 7.92. The predicted octanol–water partition coefficient (Wildman–Crippen LogP) is 2.91. The lowest BCUT2D eigenvalue weighted by Crippen LogP contribution is -2.39. The molecule has 0 aliphatic carbocycles. The number of esters is 2. The van der Waals surface area contributed by atoms with E-state index in [1.54, 1.807) is 37.3 Å². The van der Waals surface area contributed by atoms with E-state index in [1.165, 1.54) is 37.0 Å². The maximum atomic E-state index is 13.7. The molecule has 0 fully saturated rings. The Balaban J connectivity index is 1.87. The van der Waals surface area contributed by atoms with Crippen LogP contribution in [0.25, 0.3) is 6.08 Å². The Morgan fingerprint density at radius 1 is 1.13 bits per heavy atom. The van der Waals surface area contributed by atoms with Crippen molar-refractivity contribution in [2.45, 2.75) is 19.9 Å². The summed E-state index contributed by atoms with van der Waals surface area (Å²) in [6, 6.07) is 11.3. The van der Waals surface area contributed by atoms with E-state index >= 15 is 0 Å². The Morgan fingerprint density at radius 3 is 2.50 bits per heavy atom. The van der Waals surface area contributed by atoms with Crippen LogP contribution in [0.3, 0.4) is 0 Å². The highest BCUT2D eigenvalue weighted by Crippen LogP contribution is 2.36. The van der Waals surface area contributed by atoms with E-state index in [0.29, 0.717) is 33.0 Å². The third kappa shape index (κ3) is 5.30. The Bertz CT molecular complexity index is 1610. The van der Waals surface area contributed by atoms with Gasteiger partial charge in [0.05, 0.1) is 36.1 Å². The van der Waals surface area contributed by atoms with E-state index in [2.05, 4.69) is 11.6 Å². The number of rotatable bonds is 8. The van der Waals surface area contributed by atoms with Crippen LogP contribution < -0.4 is 29.1 Å². The summed E-state index contributed by atoms with van der Waals surface area (Å²) in [5.41, 5.74) is 1.69. The minimum Gasteiger partial charge on any atom is -0.493 e. The third-order valence-electron chi connectivity index (χ3n) is 5.73. The van der Waals surface area contributed by atoms with Gasteiger partial charge in [-0.1, -0.05) is 42.2 Å². The largest absolute Gasteiger partial charge is 0.493 e. The summed E-state index contributed by atoms with van der Waals surface area (Å²) in [4.78, 5) is 43.1. The van der Waals surface area contributed by atoms with Gasteiger partial charge in [-0.3, -0.25) is 14.2 Å². The van der Waals surface area contributed by atoms with Gasteiger partial charge in [-0.05, 0) is 48.4 Å².